The fourth-order valence-electron chi connectivity index (χ4n) is 2.84. The molecular weight excluding hydrogens is 234 g/mol. The van der Waals surface area contributed by atoms with E-state index in [0.29, 0.717) is 12.1 Å². The predicted molar refractivity (Wildman–Crippen MR) is 69.6 cm³/mol. The van der Waals surface area contributed by atoms with Crippen molar-refractivity contribution >= 4 is 11.6 Å². The van der Waals surface area contributed by atoms with Gasteiger partial charge in [0.2, 0.25) is 0 Å². The van der Waals surface area contributed by atoms with Crippen LogP contribution in [0.25, 0.3) is 0 Å². The maximum atomic E-state index is 6.12. The fraction of sp³-hybridized carbons (Fsp3) is 0.571. The Balaban J connectivity index is 1.88. The van der Waals surface area contributed by atoms with Gasteiger partial charge >= 0.3 is 0 Å². The molecule has 0 aromatic heterocycles. The van der Waals surface area contributed by atoms with Gasteiger partial charge in [-0.25, -0.2) is 0 Å². The summed E-state index contributed by atoms with van der Waals surface area (Å²) < 4.78 is 6.12. The summed E-state index contributed by atoms with van der Waals surface area (Å²) in [4.78, 5) is 0. The van der Waals surface area contributed by atoms with Crippen LogP contribution in [0.4, 0.5) is 0 Å². The van der Waals surface area contributed by atoms with Gasteiger partial charge in [0.15, 0.2) is 0 Å². The van der Waals surface area contributed by atoms with Crippen molar-refractivity contribution in [2.45, 2.75) is 37.8 Å². The van der Waals surface area contributed by atoms with Crippen molar-refractivity contribution in [3.8, 4) is 5.75 Å². The van der Waals surface area contributed by atoms with E-state index < -0.39 is 0 Å². The van der Waals surface area contributed by atoms with Gasteiger partial charge in [0, 0.05) is 23.0 Å². The Labute approximate surface area is 107 Å². The van der Waals surface area contributed by atoms with E-state index in [0.717, 1.165) is 23.1 Å². The average Bonchev–Trinajstić information content (AvgIpc) is 2.26. The molecular formula is C14H18ClNO. The second-order valence-electron chi connectivity index (χ2n) is 5.11. The highest BCUT2D eigenvalue weighted by Gasteiger charge is 2.35. The molecule has 0 radical (unpaired) electrons. The number of nitrogens with one attached hydrogen (secondary N) is 1. The number of hydrogen-bond acceptors (Lipinski definition) is 2. The quantitative estimate of drug-likeness (QED) is 0.868. The Hall–Kier alpha value is -0.730. The van der Waals surface area contributed by atoms with Crippen LogP contribution < -0.4 is 10.1 Å². The first-order valence-electron chi connectivity index (χ1n) is 6.41. The molecule has 1 aromatic rings. The minimum absolute atomic E-state index is 0.378. The second kappa shape index (κ2) is 4.51. The summed E-state index contributed by atoms with van der Waals surface area (Å²) in [5.74, 6) is 1.77. The Morgan fingerprint density at radius 2 is 2.18 bits per heavy atom. The van der Waals surface area contributed by atoms with E-state index in [1.807, 2.05) is 25.2 Å². The van der Waals surface area contributed by atoms with Crippen molar-refractivity contribution in [1.82, 2.24) is 5.32 Å². The summed E-state index contributed by atoms with van der Waals surface area (Å²) in [7, 11) is 2.01. The largest absolute Gasteiger partial charge is 0.490 e. The molecule has 2 aliphatic rings. The van der Waals surface area contributed by atoms with Crippen LogP contribution >= 0.6 is 11.6 Å². The van der Waals surface area contributed by atoms with Crippen LogP contribution in [0.2, 0.25) is 5.02 Å². The van der Waals surface area contributed by atoms with E-state index in [-0.39, 0.29) is 0 Å². The van der Waals surface area contributed by atoms with Crippen LogP contribution in [0.5, 0.6) is 5.75 Å². The van der Waals surface area contributed by atoms with Crippen LogP contribution in [0, 0.1) is 5.92 Å². The molecule has 1 fully saturated rings. The summed E-state index contributed by atoms with van der Waals surface area (Å²) in [5.41, 5.74) is 1.20. The number of ether oxygens (including phenoxy) is 1. The Bertz CT molecular complexity index is 417. The smallest absolute Gasteiger partial charge is 0.124 e. The lowest BCUT2D eigenvalue weighted by atomic mass is 9.77. The Morgan fingerprint density at radius 3 is 2.82 bits per heavy atom. The van der Waals surface area contributed by atoms with Crippen molar-refractivity contribution in [2.24, 2.45) is 5.92 Å². The first-order chi connectivity index (χ1) is 8.28. The maximum absolute atomic E-state index is 6.12. The topological polar surface area (TPSA) is 21.3 Å². The second-order valence-corrected chi connectivity index (χ2v) is 5.54. The van der Waals surface area contributed by atoms with Crippen molar-refractivity contribution in [3.63, 3.8) is 0 Å². The van der Waals surface area contributed by atoms with E-state index in [4.69, 9.17) is 16.3 Å². The number of rotatable bonds is 2. The van der Waals surface area contributed by atoms with Gasteiger partial charge in [0.1, 0.15) is 11.9 Å². The van der Waals surface area contributed by atoms with Crippen molar-refractivity contribution in [2.75, 3.05) is 7.05 Å². The minimum Gasteiger partial charge on any atom is -0.490 e. The van der Waals surface area contributed by atoms with Gasteiger partial charge in [-0.05, 0) is 44.0 Å². The van der Waals surface area contributed by atoms with Gasteiger partial charge in [-0.2, -0.15) is 0 Å². The fourth-order valence-corrected chi connectivity index (χ4v) is 3.02. The van der Waals surface area contributed by atoms with Crippen LogP contribution in [-0.4, -0.2) is 13.2 Å². The molecule has 1 aliphatic carbocycles. The van der Waals surface area contributed by atoms with E-state index in [1.54, 1.807) is 0 Å². The molecule has 3 heteroatoms. The molecule has 1 heterocycles. The monoisotopic (exact) mass is 251 g/mol. The molecule has 92 valence electrons. The van der Waals surface area contributed by atoms with E-state index >= 15 is 0 Å². The van der Waals surface area contributed by atoms with Gasteiger partial charge in [0.05, 0.1) is 0 Å². The molecule has 2 atom stereocenters. The summed E-state index contributed by atoms with van der Waals surface area (Å²) in [6.07, 6.45) is 5.46. The van der Waals surface area contributed by atoms with Crippen LogP contribution in [0.1, 0.15) is 37.3 Å². The lowest BCUT2D eigenvalue weighted by Gasteiger charge is -2.40. The highest BCUT2D eigenvalue weighted by atomic mass is 35.5. The third kappa shape index (κ3) is 2.04. The summed E-state index contributed by atoms with van der Waals surface area (Å²) >= 11 is 6.05. The lowest BCUT2D eigenvalue weighted by Crippen LogP contribution is -2.39. The van der Waals surface area contributed by atoms with E-state index in [1.165, 1.54) is 24.8 Å². The van der Waals surface area contributed by atoms with Gasteiger partial charge in [0.25, 0.3) is 0 Å². The lowest BCUT2D eigenvalue weighted by molar-refractivity contribution is 0.0541. The molecule has 1 saturated carbocycles. The third-order valence-electron chi connectivity index (χ3n) is 4.12. The molecule has 1 aliphatic heterocycles. The molecule has 0 amide bonds. The van der Waals surface area contributed by atoms with Crippen molar-refractivity contribution < 1.29 is 4.74 Å². The molecule has 17 heavy (non-hydrogen) atoms. The van der Waals surface area contributed by atoms with Gasteiger partial charge < -0.3 is 10.1 Å². The van der Waals surface area contributed by atoms with Crippen LogP contribution in [-0.2, 0) is 0 Å². The molecule has 0 bridgehead atoms. The Kier molecular flexibility index (Phi) is 3.01. The first kappa shape index (κ1) is 11.4. The minimum atomic E-state index is 0.378. The van der Waals surface area contributed by atoms with Crippen LogP contribution in [0.15, 0.2) is 18.2 Å². The summed E-state index contributed by atoms with van der Waals surface area (Å²) in [6, 6.07) is 6.32. The molecule has 0 saturated heterocycles. The molecule has 0 spiro atoms. The van der Waals surface area contributed by atoms with Crippen molar-refractivity contribution in [3.05, 3.63) is 28.8 Å². The summed E-state index contributed by atoms with van der Waals surface area (Å²) in [6.45, 7) is 0. The number of halogens is 1. The third-order valence-corrected chi connectivity index (χ3v) is 4.35. The van der Waals surface area contributed by atoms with Gasteiger partial charge in [-0.15, -0.1) is 0 Å². The highest BCUT2D eigenvalue weighted by molar-refractivity contribution is 6.30. The van der Waals surface area contributed by atoms with Crippen LogP contribution in [0.3, 0.4) is 0 Å². The number of fused-ring (bicyclic) bond motifs is 1. The zero-order chi connectivity index (χ0) is 11.8. The molecule has 3 rings (SSSR count). The predicted octanol–water partition coefficient (Wildman–Crippen LogP) is 3.55. The van der Waals surface area contributed by atoms with Gasteiger partial charge in [-0.1, -0.05) is 18.0 Å². The summed E-state index contributed by atoms with van der Waals surface area (Å²) in [5, 5.41) is 4.17. The molecule has 1 aromatic carbocycles. The zero-order valence-electron chi connectivity index (χ0n) is 10.1. The number of benzene rings is 1. The van der Waals surface area contributed by atoms with E-state index in [9.17, 15) is 0 Å². The first-order valence-corrected chi connectivity index (χ1v) is 6.79. The van der Waals surface area contributed by atoms with Crippen molar-refractivity contribution in [1.29, 1.82) is 0 Å². The SMILES string of the molecule is CNC1CC(C2CCC2)Oc2ccc(Cl)cc21. The highest BCUT2D eigenvalue weighted by Crippen LogP contribution is 2.42. The maximum Gasteiger partial charge on any atom is 0.124 e. The number of hydrogen-bond donors (Lipinski definition) is 1. The standard InChI is InChI=1S/C14H18ClNO/c1-16-12-8-14(9-3-2-4-9)17-13-6-5-10(15)7-11(12)13/h5-7,9,12,14,16H,2-4,8H2,1H3. The average molecular weight is 252 g/mol. The van der Waals surface area contributed by atoms with Gasteiger partial charge in [-0.3, -0.25) is 0 Å². The molecule has 2 unspecified atom stereocenters. The molecule has 1 N–H and O–H groups in total. The molecule has 2 nitrogen and oxygen atoms in total. The normalized spacial score (nSPS) is 28.1. The van der Waals surface area contributed by atoms with E-state index in [2.05, 4.69) is 5.32 Å². The zero-order valence-corrected chi connectivity index (χ0v) is 10.8. The Morgan fingerprint density at radius 1 is 1.35 bits per heavy atom.